The summed E-state index contributed by atoms with van der Waals surface area (Å²) in [5, 5.41) is 8.80. The third-order valence-electron chi connectivity index (χ3n) is 3.70. The number of carboxylic acids is 1. The Morgan fingerprint density at radius 2 is 1.90 bits per heavy atom. The number of sulfonamides is 1. The van der Waals surface area contributed by atoms with Crippen molar-refractivity contribution in [1.82, 2.24) is 4.72 Å². The molecule has 2 rings (SSSR count). The summed E-state index contributed by atoms with van der Waals surface area (Å²) >= 11 is 0. The highest BCUT2D eigenvalue weighted by molar-refractivity contribution is 7.89. The molecule has 1 aliphatic carbocycles. The van der Waals surface area contributed by atoms with E-state index < -0.39 is 16.0 Å². The molecule has 0 aliphatic heterocycles. The molecule has 6 heteroatoms. The van der Waals surface area contributed by atoms with E-state index in [0.717, 1.165) is 19.3 Å². The molecule has 1 aromatic rings. The smallest absolute Gasteiger partial charge is 0.335 e. The van der Waals surface area contributed by atoms with Crippen LogP contribution < -0.4 is 4.72 Å². The first-order valence-corrected chi connectivity index (χ1v) is 8.04. The zero-order valence-electron chi connectivity index (χ0n) is 11.6. The minimum atomic E-state index is -3.58. The van der Waals surface area contributed by atoms with E-state index in [0.29, 0.717) is 0 Å². The lowest BCUT2D eigenvalue weighted by atomic mass is 9.92. The summed E-state index contributed by atoms with van der Waals surface area (Å²) in [6, 6.07) is 5.21. The molecule has 20 heavy (non-hydrogen) atoms. The van der Waals surface area contributed by atoms with E-state index in [1.807, 2.05) is 0 Å². The summed E-state index contributed by atoms with van der Waals surface area (Å²) < 4.78 is 27.1. The Labute approximate surface area is 119 Å². The SMILES string of the molecule is CC1(C)CCC(NS(=O)(=O)c2ccc(C(=O)O)cc2)C1. The lowest BCUT2D eigenvalue weighted by Gasteiger charge is -2.18. The van der Waals surface area contributed by atoms with Crippen LogP contribution in [-0.2, 0) is 10.0 Å². The summed E-state index contributed by atoms with van der Waals surface area (Å²) in [5.41, 5.74) is 0.242. The summed E-state index contributed by atoms with van der Waals surface area (Å²) in [6.45, 7) is 4.26. The van der Waals surface area contributed by atoms with Crippen LogP contribution in [0, 0.1) is 5.41 Å². The van der Waals surface area contributed by atoms with E-state index in [9.17, 15) is 13.2 Å². The van der Waals surface area contributed by atoms with Crippen LogP contribution in [0.25, 0.3) is 0 Å². The Kier molecular flexibility index (Phi) is 3.88. The van der Waals surface area contributed by atoms with Crippen LogP contribution in [0.3, 0.4) is 0 Å². The van der Waals surface area contributed by atoms with Gasteiger partial charge in [0.1, 0.15) is 0 Å². The van der Waals surface area contributed by atoms with Crippen molar-refractivity contribution in [3.05, 3.63) is 29.8 Å². The number of rotatable bonds is 4. The first kappa shape index (κ1) is 15.0. The molecule has 1 atom stereocenters. The van der Waals surface area contributed by atoms with Gasteiger partial charge in [-0.2, -0.15) is 0 Å². The fourth-order valence-electron chi connectivity index (χ4n) is 2.60. The maximum absolute atomic E-state index is 12.2. The van der Waals surface area contributed by atoms with Crippen molar-refractivity contribution in [2.45, 2.75) is 44.0 Å². The van der Waals surface area contributed by atoms with Crippen LogP contribution >= 0.6 is 0 Å². The maximum atomic E-state index is 12.2. The minimum Gasteiger partial charge on any atom is -0.478 e. The van der Waals surface area contributed by atoms with Gasteiger partial charge in [-0.1, -0.05) is 13.8 Å². The summed E-state index contributed by atoms with van der Waals surface area (Å²) in [5.74, 6) is -1.07. The van der Waals surface area contributed by atoms with E-state index in [1.54, 1.807) is 0 Å². The molecule has 0 radical (unpaired) electrons. The Balaban J connectivity index is 2.12. The van der Waals surface area contributed by atoms with Crippen LogP contribution in [-0.4, -0.2) is 25.5 Å². The van der Waals surface area contributed by atoms with Crippen LogP contribution in [0.15, 0.2) is 29.2 Å². The molecule has 5 nitrogen and oxygen atoms in total. The molecule has 1 aliphatic rings. The Bertz CT molecular complexity index is 605. The topological polar surface area (TPSA) is 83.5 Å². The highest BCUT2D eigenvalue weighted by atomic mass is 32.2. The van der Waals surface area contributed by atoms with Crippen LogP contribution in [0.4, 0.5) is 0 Å². The maximum Gasteiger partial charge on any atom is 0.335 e. The van der Waals surface area contributed by atoms with Crippen molar-refractivity contribution in [2.75, 3.05) is 0 Å². The lowest BCUT2D eigenvalue weighted by molar-refractivity contribution is 0.0696. The molecular formula is C14H19NO4S. The minimum absolute atomic E-state index is 0.0471. The average Bonchev–Trinajstić information content (AvgIpc) is 2.68. The molecule has 2 N–H and O–H groups in total. The fraction of sp³-hybridized carbons (Fsp3) is 0.500. The summed E-state index contributed by atoms with van der Waals surface area (Å²) in [4.78, 5) is 10.9. The zero-order chi connectivity index (χ0) is 15.0. The van der Waals surface area contributed by atoms with Gasteiger partial charge in [-0.25, -0.2) is 17.9 Å². The molecular weight excluding hydrogens is 278 g/mol. The van der Waals surface area contributed by atoms with Crippen LogP contribution in [0.5, 0.6) is 0 Å². The normalized spacial score (nSPS) is 21.8. The number of hydrogen-bond donors (Lipinski definition) is 2. The van der Waals surface area contributed by atoms with Gasteiger partial charge in [0.25, 0.3) is 0 Å². The Hall–Kier alpha value is -1.40. The van der Waals surface area contributed by atoms with Gasteiger partial charge in [0.05, 0.1) is 10.5 Å². The Morgan fingerprint density at radius 1 is 1.30 bits per heavy atom. The zero-order valence-corrected chi connectivity index (χ0v) is 12.4. The molecule has 0 bridgehead atoms. The highest BCUT2D eigenvalue weighted by Gasteiger charge is 2.33. The van der Waals surface area contributed by atoms with E-state index in [1.165, 1.54) is 24.3 Å². The monoisotopic (exact) mass is 297 g/mol. The second-order valence-electron chi connectivity index (χ2n) is 6.05. The number of aromatic carboxylic acids is 1. The van der Waals surface area contributed by atoms with Gasteiger partial charge in [0, 0.05) is 6.04 Å². The predicted molar refractivity (Wildman–Crippen MR) is 75.1 cm³/mol. The van der Waals surface area contributed by atoms with Gasteiger partial charge < -0.3 is 5.11 Å². The molecule has 0 amide bonds. The van der Waals surface area contributed by atoms with E-state index in [2.05, 4.69) is 18.6 Å². The second-order valence-corrected chi connectivity index (χ2v) is 7.77. The quantitative estimate of drug-likeness (QED) is 0.892. The number of nitrogens with one attached hydrogen (secondary N) is 1. The van der Waals surface area contributed by atoms with Crippen molar-refractivity contribution in [3.8, 4) is 0 Å². The van der Waals surface area contributed by atoms with Crippen molar-refractivity contribution in [1.29, 1.82) is 0 Å². The number of hydrogen-bond acceptors (Lipinski definition) is 3. The van der Waals surface area contributed by atoms with Crippen LogP contribution in [0.1, 0.15) is 43.5 Å². The molecule has 0 spiro atoms. The largest absolute Gasteiger partial charge is 0.478 e. The van der Waals surface area contributed by atoms with E-state index in [-0.39, 0.29) is 21.9 Å². The summed E-state index contributed by atoms with van der Waals surface area (Å²) in [7, 11) is -3.58. The Morgan fingerprint density at radius 3 is 2.35 bits per heavy atom. The third kappa shape index (κ3) is 3.37. The van der Waals surface area contributed by atoms with Gasteiger partial charge in [-0.05, 0) is 48.9 Å². The number of carboxylic acid groups (broad SMARTS) is 1. The van der Waals surface area contributed by atoms with Gasteiger partial charge in [-0.3, -0.25) is 0 Å². The van der Waals surface area contributed by atoms with Crippen molar-refractivity contribution >= 4 is 16.0 Å². The van der Waals surface area contributed by atoms with Gasteiger partial charge >= 0.3 is 5.97 Å². The number of benzene rings is 1. The fourth-order valence-corrected chi connectivity index (χ4v) is 3.87. The van der Waals surface area contributed by atoms with Crippen molar-refractivity contribution < 1.29 is 18.3 Å². The summed E-state index contributed by atoms with van der Waals surface area (Å²) in [6.07, 6.45) is 2.65. The second kappa shape index (κ2) is 5.18. The lowest BCUT2D eigenvalue weighted by Crippen LogP contribution is -2.33. The standard InChI is InChI=1S/C14H19NO4S/c1-14(2)8-7-11(9-14)15-20(18,19)12-5-3-10(4-6-12)13(16)17/h3-6,11,15H,7-9H2,1-2H3,(H,16,17). The van der Waals surface area contributed by atoms with Gasteiger partial charge in [-0.15, -0.1) is 0 Å². The molecule has 0 heterocycles. The molecule has 110 valence electrons. The average molecular weight is 297 g/mol. The van der Waals surface area contributed by atoms with Gasteiger partial charge in [0.15, 0.2) is 0 Å². The van der Waals surface area contributed by atoms with Crippen molar-refractivity contribution in [2.24, 2.45) is 5.41 Å². The molecule has 1 fully saturated rings. The van der Waals surface area contributed by atoms with Crippen molar-refractivity contribution in [3.63, 3.8) is 0 Å². The van der Waals surface area contributed by atoms with Crippen LogP contribution in [0.2, 0.25) is 0 Å². The third-order valence-corrected chi connectivity index (χ3v) is 5.24. The molecule has 0 saturated heterocycles. The predicted octanol–water partition coefficient (Wildman–Crippen LogP) is 2.24. The highest BCUT2D eigenvalue weighted by Crippen LogP contribution is 2.37. The molecule has 1 unspecified atom stereocenters. The number of carbonyl (C=O) groups is 1. The first-order valence-electron chi connectivity index (χ1n) is 6.55. The molecule has 0 aromatic heterocycles. The van der Waals surface area contributed by atoms with Gasteiger partial charge in [0.2, 0.25) is 10.0 Å². The first-order chi connectivity index (χ1) is 9.20. The van der Waals surface area contributed by atoms with E-state index in [4.69, 9.17) is 5.11 Å². The molecule has 1 saturated carbocycles. The van der Waals surface area contributed by atoms with E-state index >= 15 is 0 Å². The molecule has 1 aromatic carbocycles.